The van der Waals surface area contributed by atoms with Gasteiger partial charge in [0.25, 0.3) is 6.43 Å². The predicted molar refractivity (Wildman–Crippen MR) is 124 cm³/mol. The molecule has 0 spiro atoms. The Morgan fingerprint density at radius 1 is 1.12 bits per heavy atom. The Labute approximate surface area is 189 Å². The van der Waals surface area contributed by atoms with Gasteiger partial charge in [-0.2, -0.15) is 4.98 Å². The van der Waals surface area contributed by atoms with Crippen molar-refractivity contribution in [2.45, 2.75) is 25.8 Å². The van der Waals surface area contributed by atoms with Crippen LogP contribution in [0.25, 0.3) is 22.3 Å². The lowest BCUT2D eigenvalue weighted by atomic mass is 9.98. The fraction of sp³-hybridized carbons (Fsp3) is 0.280. The first-order chi connectivity index (χ1) is 15.9. The van der Waals surface area contributed by atoms with Gasteiger partial charge in [0.2, 0.25) is 5.78 Å². The largest absolute Gasteiger partial charge is 0.363 e. The van der Waals surface area contributed by atoms with Gasteiger partial charge in [-0.1, -0.05) is 30.3 Å². The highest BCUT2D eigenvalue weighted by Crippen LogP contribution is 2.33. The van der Waals surface area contributed by atoms with Crippen LogP contribution in [0.4, 0.5) is 19.0 Å². The van der Waals surface area contributed by atoms with Crippen molar-refractivity contribution >= 4 is 28.1 Å². The zero-order valence-electron chi connectivity index (χ0n) is 18.4. The molecule has 0 bridgehead atoms. The maximum Gasteiger partial charge on any atom is 0.266 e. The Morgan fingerprint density at radius 3 is 2.70 bits per heavy atom. The molecule has 33 heavy (non-hydrogen) atoms. The lowest BCUT2D eigenvalue weighted by Crippen LogP contribution is -2.23. The number of nitrogens with zero attached hydrogens (tertiary/aromatic N) is 4. The second-order valence-corrected chi connectivity index (χ2v) is 8.45. The minimum absolute atomic E-state index is 0.167. The quantitative estimate of drug-likeness (QED) is 0.413. The number of alkyl halides is 2. The monoisotopic (exact) mass is 451 g/mol. The van der Waals surface area contributed by atoms with Crippen LogP contribution in [0.15, 0.2) is 54.9 Å². The predicted octanol–water partition coefficient (Wildman–Crippen LogP) is 5.85. The second kappa shape index (κ2) is 8.51. The second-order valence-electron chi connectivity index (χ2n) is 8.45. The molecule has 8 heteroatoms. The van der Waals surface area contributed by atoms with Crippen molar-refractivity contribution in [3.8, 4) is 0 Å². The summed E-state index contributed by atoms with van der Waals surface area (Å²) in [5.74, 6) is 0.148. The zero-order chi connectivity index (χ0) is 23.1. The maximum absolute atomic E-state index is 14.8. The van der Waals surface area contributed by atoms with Crippen molar-refractivity contribution in [3.63, 3.8) is 0 Å². The number of anilines is 1. The van der Waals surface area contributed by atoms with Crippen molar-refractivity contribution < 1.29 is 13.2 Å². The molecule has 1 aliphatic heterocycles. The summed E-state index contributed by atoms with van der Waals surface area (Å²) < 4.78 is 43.1. The summed E-state index contributed by atoms with van der Waals surface area (Å²) in [6.45, 7) is 3.62. The van der Waals surface area contributed by atoms with Crippen LogP contribution in [0.3, 0.4) is 0 Å². The van der Waals surface area contributed by atoms with Gasteiger partial charge in [-0.05, 0) is 43.7 Å². The summed E-state index contributed by atoms with van der Waals surface area (Å²) in [4.78, 5) is 11.2. The van der Waals surface area contributed by atoms with Crippen molar-refractivity contribution in [3.05, 3.63) is 77.4 Å². The molecule has 0 saturated carbocycles. The van der Waals surface area contributed by atoms with Gasteiger partial charge >= 0.3 is 0 Å². The summed E-state index contributed by atoms with van der Waals surface area (Å²) in [7, 11) is 2.10. The highest BCUT2D eigenvalue weighted by molar-refractivity contribution is 5.93. The molecule has 170 valence electrons. The van der Waals surface area contributed by atoms with Crippen LogP contribution in [0.5, 0.6) is 0 Å². The molecular weight excluding hydrogens is 427 g/mol. The lowest BCUT2D eigenvalue weighted by Gasteiger charge is -2.23. The Hall–Kier alpha value is -3.39. The molecule has 2 aromatic carbocycles. The Kier molecular flexibility index (Phi) is 5.54. The minimum atomic E-state index is -2.87. The average molecular weight is 451 g/mol. The standard InChI is InChI=1S/C25H24F3N5/c1-15(18-4-3-5-19(22(18)26)23(27)28)30-24-20-14-17(16-8-11-32(2)12-9-16)6-7-21(20)33-13-10-29-25(33)31-24/h3-8,10,13-15,23H,9,11-12H2,1-2H3,(H,29,30,31). The van der Waals surface area contributed by atoms with Gasteiger partial charge in [-0.15, -0.1) is 0 Å². The van der Waals surface area contributed by atoms with Gasteiger partial charge in [0.15, 0.2) is 0 Å². The molecule has 4 aromatic rings. The third-order valence-electron chi connectivity index (χ3n) is 6.24. The van der Waals surface area contributed by atoms with Crippen LogP contribution < -0.4 is 5.32 Å². The van der Waals surface area contributed by atoms with Crippen LogP contribution in [0, 0.1) is 5.82 Å². The Morgan fingerprint density at radius 2 is 1.94 bits per heavy atom. The molecule has 0 fully saturated rings. The molecule has 3 heterocycles. The molecule has 1 unspecified atom stereocenters. The van der Waals surface area contributed by atoms with Gasteiger partial charge < -0.3 is 10.2 Å². The van der Waals surface area contributed by atoms with Crippen LogP contribution in [0.2, 0.25) is 0 Å². The molecular formula is C25H24F3N5. The molecule has 0 saturated heterocycles. The summed E-state index contributed by atoms with van der Waals surface area (Å²) in [6.07, 6.45) is 3.83. The number of rotatable bonds is 5. The van der Waals surface area contributed by atoms with Crippen molar-refractivity contribution in [1.82, 2.24) is 19.3 Å². The third kappa shape index (κ3) is 3.95. The molecule has 5 nitrogen and oxygen atoms in total. The van der Waals surface area contributed by atoms with Gasteiger partial charge in [-0.25, -0.2) is 18.2 Å². The molecule has 2 aromatic heterocycles. The normalized spacial score (nSPS) is 15.9. The van der Waals surface area contributed by atoms with E-state index in [0.717, 1.165) is 42.0 Å². The third-order valence-corrected chi connectivity index (χ3v) is 6.24. The summed E-state index contributed by atoms with van der Waals surface area (Å²) in [5, 5.41) is 4.11. The molecule has 0 amide bonds. The number of likely N-dealkylation sites (N-methyl/N-ethyl adjacent to an activating group) is 1. The first-order valence-electron chi connectivity index (χ1n) is 10.9. The number of hydrogen-bond donors (Lipinski definition) is 1. The van der Waals surface area contributed by atoms with Gasteiger partial charge in [-0.3, -0.25) is 4.40 Å². The number of aromatic nitrogens is 3. The van der Waals surface area contributed by atoms with Crippen molar-refractivity contribution in [2.75, 3.05) is 25.5 Å². The molecule has 0 radical (unpaired) electrons. The number of benzene rings is 2. The van der Waals surface area contributed by atoms with E-state index in [4.69, 9.17) is 0 Å². The average Bonchev–Trinajstić information content (AvgIpc) is 3.28. The van der Waals surface area contributed by atoms with Gasteiger partial charge in [0.05, 0.1) is 17.1 Å². The molecule has 0 aliphatic carbocycles. The van der Waals surface area contributed by atoms with Gasteiger partial charge in [0.1, 0.15) is 11.6 Å². The first kappa shape index (κ1) is 21.5. The topological polar surface area (TPSA) is 45.5 Å². The summed E-state index contributed by atoms with van der Waals surface area (Å²) in [5.41, 5.74) is 2.86. The highest BCUT2D eigenvalue weighted by atomic mass is 19.3. The van der Waals surface area contributed by atoms with E-state index in [1.807, 2.05) is 16.7 Å². The molecule has 1 N–H and O–H groups in total. The van der Waals surface area contributed by atoms with Crippen LogP contribution in [-0.4, -0.2) is 39.4 Å². The van der Waals surface area contributed by atoms with Crippen LogP contribution in [-0.2, 0) is 0 Å². The number of imidazole rings is 1. The van der Waals surface area contributed by atoms with E-state index < -0.39 is 23.8 Å². The Bertz CT molecular complexity index is 1360. The van der Waals surface area contributed by atoms with E-state index in [2.05, 4.69) is 45.4 Å². The fourth-order valence-corrected chi connectivity index (χ4v) is 4.36. The lowest BCUT2D eigenvalue weighted by molar-refractivity contribution is 0.146. The maximum atomic E-state index is 14.8. The number of hydrogen-bond acceptors (Lipinski definition) is 4. The first-order valence-corrected chi connectivity index (χ1v) is 10.9. The van der Waals surface area contributed by atoms with Crippen molar-refractivity contribution in [1.29, 1.82) is 0 Å². The van der Waals surface area contributed by atoms with E-state index >= 15 is 0 Å². The minimum Gasteiger partial charge on any atom is -0.363 e. The SMILES string of the molecule is CC(Nc1nc2nccn2c2ccc(C3=CCN(C)CC3)cc12)c1cccc(C(F)F)c1F. The summed E-state index contributed by atoms with van der Waals surface area (Å²) in [6, 6.07) is 9.71. The van der Waals surface area contributed by atoms with Crippen LogP contribution >= 0.6 is 0 Å². The van der Waals surface area contributed by atoms with Crippen LogP contribution in [0.1, 0.15) is 42.5 Å². The highest BCUT2D eigenvalue weighted by Gasteiger charge is 2.21. The van der Waals surface area contributed by atoms with E-state index in [-0.39, 0.29) is 5.56 Å². The van der Waals surface area contributed by atoms with Crippen molar-refractivity contribution in [2.24, 2.45) is 0 Å². The number of nitrogens with one attached hydrogen (secondary N) is 1. The zero-order valence-corrected chi connectivity index (χ0v) is 18.4. The van der Waals surface area contributed by atoms with Gasteiger partial charge in [0, 0.05) is 36.4 Å². The van der Waals surface area contributed by atoms with E-state index in [1.165, 1.54) is 17.7 Å². The fourth-order valence-electron chi connectivity index (χ4n) is 4.36. The van der Waals surface area contributed by atoms with E-state index in [9.17, 15) is 13.2 Å². The number of halogens is 3. The molecule has 5 rings (SSSR count). The van der Waals surface area contributed by atoms with E-state index in [1.54, 1.807) is 13.1 Å². The smallest absolute Gasteiger partial charge is 0.266 e. The summed E-state index contributed by atoms with van der Waals surface area (Å²) >= 11 is 0. The molecule has 1 atom stereocenters. The Balaban J connectivity index is 1.59. The van der Waals surface area contributed by atoms with E-state index in [0.29, 0.717) is 11.6 Å². The number of fused-ring (bicyclic) bond motifs is 3. The molecule has 1 aliphatic rings.